The number of Topliss-reactive ketones (excluding diaryl/α,β-unsaturated/α-hetero) is 1. The summed E-state index contributed by atoms with van der Waals surface area (Å²) in [6, 6.07) is 0.218. The van der Waals surface area contributed by atoms with Gasteiger partial charge in [0.05, 0.1) is 6.04 Å². The highest BCUT2D eigenvalue weighted by Crippen LogP contribution is 2.18. The molecule has 2 nitrogen and oxygen atoms in total. The van der Waals surface area contributed by atoms with E-state index in [1.54, 1.807) is 0 Å². The Bertz CT molecular complexity index is 154. The molecule has 0 aromatic heterocycles. The number of carbonyl (C=O) groups is 1. The van der Waals surface area contributed by atoms with Crippen molar-refractivity contribution in [3.8, 4) is 0 Å². The van der Waals surface area contributed by atoms with E-state index < -0.39 is 0 Å². The molecule has 1 aliphatic heterocycles. The quantitative estimate of drug-likeness (QED) is 0.599. The highest BCUT2D eigenvalue weighted by Gasteiger charge is 2.29. The third kappa shape index (κ3) is 2.03. The molecule has 1 heterocycles. The molecule has 0 bridgehead atoms. The minimum Gasteiger partial charge on any atom is -0.298 e. The lowest BCUT2D eigenvalue weighted by molar-refractivity contribution is -0.120. The van der Waals surface area contributed by atoms with Crippen LogP contribution in [0.2, 0.25) is 0 Å². The Kier molecular flexibility index (Phi) is 2.66. The van der Waals surface area contributed by atoms with Gasteiger partial charge in [-0.15, -0.1) is 0 Å². The molecule has 1 saturated heterocycles. The van der Waals surface area contributed by atoms with Gasteiger partial charge in [-0.3, -0.25) is 9.69 Å². The van der Waals surface area contributed by atoms with Crippen molar-refractivity contribution in [2.75, 3.05) is 13.6 Å². The SMILES string of the molecule is CC(C)C[C@@H]1C(=O)CCN1C. The van der Waals surface area contributed by atoms with Gasteiger partial charge in [0.25, 0.3) is 0 Å². The summed E-state index contributed by atoms with van der Waals surface area (Å²) in [6.45, 7) is 5.29. The number of likely N-dealkylation sites (N-methyl/N-ethyl adjacent to an activating group) is 1. The maximum Gasteiger partial charge on any atom is 0.151 e. The van der Waals surface area contributed by atoms with Gasteiger partial charge in [-0.25, -0.2) is 0 Å². The Balaban J connectivity index is 2.48. The van der Waals surface area contributed by atoms with Gasteiger partial charge in [-0.2, -0.15) is 0 Å². The highest BCUT2D eigenvalue weighted by atomic mass is 16.1. The molecule has 1 rings (SSSR count). The van der Waals surface area contributed by atoms with Gasteiger partial charge < -0.3 is 0 Å². The van der Waals surface area contributed by atoms with Gasteiger partial charge in [0, 0.05) is 13.0 Å². The van der Waals surface area contributed by atoms with Crippen LogP contribution in [0.1, 0.15) is 26.7 Å². The van der Waals surface area contributed by atoms with E-state index in [1.165, 1.54) is 0 Å². The van der Waals surface area contributed by atoms with Gasteiger partial charge in [0.15, 0.2) is 5.78 Å². The predicted octanol–water partition coefficient (Wildman–Crippen LogP) is 1.31. The van der Waals surface area contributed by atoms with Crippen molar-refractivity contribution in [1.82, 2.24) is 4.90 Å². The molecule has 0 aromatic carbocycles. The zero-order valence-electron chi connectivity index (χ0n) is 7.63. The molecule has 0 unspecified atom stereocenters. The number of rotatable bonds is 2. The van der Waals surface area contributed by atoms with Gasteiger partial charge >= 0.3 is 0 Å². The van der Waals surface area contributed by atoms with E-state index >= 15 is 0 Å². The van der Waals surface area contributed by atoms with Crippen molar-refractivity contribution in [2.45, 2.75) is 32.7 Å². The fourth-order valence-electron chi connectivity index (χ4n) is 1.61. The van der Waals surface area contributed by atoms with E-state index in [-0.39, 0.29) is 6.04 Å². The van der Waals surface area contributed by atoms with Crippen molar-refractivity contribution >= 4 is 5.78 Å². The third-order valence-corrected chi connectivity index (χ3v) is 2.31. The van der Waals surface area contributed by atoms with Crippen molar-refractivity contribution in [1.29, 1.82) is 0 Å². The molecule has 0 N–H and O–H groups in total. The lowest BCUT2D eigenvalue weighted by atomic mass is 10.0. The summed E-state index contributed by atoms with van der Waals surface area (Å²) in [4.78, 5) is 13.4. The van der Waals surface area contributed by atoms with Crippen LogP contribution in [0.3, 0.4) is 0 Å². The minimum absolute atomic E-state index is 0.218. The molecule has 1 aliphatic rings. The van der Waals surface area contributed by atoms with Crippen LogP contribution in [0.25, 0.3) is 0 Å². The molecule has 1 fully saturated rings. The van der Waals surface area contributed by atoms with Crippen LogP contribution < -0.4 is 0 Å². The van der Waals surface area contributed by atoms with Crippen molar-refractivity contribution < 1.29 is 4.79 Å². The van der Waals surface area contributed by atoms with E-state index in [0.717, 1.165) is 19.4 Å². The summed E-state index contributed by atoms with van der Waals surface area (Å²) >= 11 is 0. The standard InChI is InChI=1S/C9H17NO/c1-7(2)6-8-9(11)4-5-10(8)3/h7-8H,4-6H2,1-3H3/t8-/m1/s1. The smallest absolute Gasteiger partial charge is 0.151 e. The van der Waals surface area contributed by atoms with Crippen LogP contribution in [0.15, 0.2) is 0 Å². The summed E-state index contributed by atoms with van der Waals surface area (Å²) in [5.74, 6) is 1.06. The largest absolute Gasteiger partial charge is 0.298 e. The molecule has 0 aliphatic carbocycles. The van der Waals surface area contributed by atoms with Crippen molar-refractivity contribution in [3.63, 3.8) is 0 Å². The fraction of sp³-hybridized carbons (Fsp3) is 0.889. The fourth-order valence-corrected chi connectivity index (χ4v) is 1.61. The topological polar surface area (TPSA) is 20.3 Å². The minimum atomic E-state index is 0.218. The third-order valence-electron chi connectivity index (χ3n) is 2.31. The van der Waals surface area contributed by atoms with Crippen molar-refractivity contribution in [2.24, 2.45) is 5.92 Å². The average molecular weight is 155 g/mol. The Labute approximate surface area is 68.6 Å². The summed E-state index contributed by atoms with van der Waals surface area (Å²) in [5.41, 5.74) is 0. The number of ketones is 1. The van der Waals surface area contributed by atoms with Crippen molar-refractivity contribution in [3.05, 3.63) is 0 Å². The molecule has 1 atom stereocenters. The van der Waals surface area contributed by atoms with Gasteiger partial charge in [-0.05, 0) is 19.4 Å². The molecule has 0 saturated carbocycles. The first-order chi connectivity index (χ1) is 5.11. The van der Waals surface area contributed by atoms with Crippen LogP contribution >= 0.6 is 0 Å². The summed E-state index contributed by atoms with van der Waals surface area (Å²) in [6.07, 6.45) is 1.78. The van der Waals surface area contributed by atoms with Gasteiger partial charge in [0.2, 0.25) is 0 Å². The molecule has 0 radical (unpaired) electrons. The lowest BCUT2D eigenvalue weighted by Gasteiger charge is -2.19. The van der Waals surface area contributed by atoms with Crippen LogP contribution in [0.5, 0.6) is 0 Å². The van der Waals surface area contributed by atoms with E-state index in [0.29, 0.717) is 11.7 Å². The zero-order valence-corrected chi connectivity index (χ0v) is 7.63. The second kappa shape index (κ2) is 3.35. The molecule has 0 amide bonds. The highest BCUT2D eigenvalue weighted by molar-refractivity contribution is 5.86. The van der Waals surface area contributed by atoms with E-state index in [9.17, 15) is 4.79 Å². The second-order valence-electron chi connectivity index (χ2n) is 3.84. The first kappa shape index (κ1) is 8.72. The number of carbonyl (C=O) groups excluding carboxylic acids is 1. The zero-order chi connectivity index (χ0) is 8.43. The maximum atomic E-state index is 11.3. The number of hydrogen-bond donors (Lipinski definition) is 0. The van der Waals surface area contributed by atoms with E-state index in [1.807, 2.05) is 7.05 Å². The molecule has 0 aromatic rings. The second-order valence-corrected chi connectivity index (χ2v) is 3.84. The number of likely N-dealkylation sites (tertiary alicyclic amines) is 1. The lowest BCUT2D eigenvalue weighted by Crippen LogP contribution is -2.30. The predicted molar refractivity (Wildman–Crippen MR) is 45.5 cm³/mol. The number of hydrogen-bond acceptors (Lipinski definition) is 2. The molecule has 0 spiro atoms. The first-order valence-electron chi connectivity index (χ1n) is 4.34. The van der Waals surface area contributed by atoms with Crippen LogP contribution in [0.4, 0.5) is 0 Å². The molecular weight excluding hydrogens is 138 g/mol. The Morgan fingerprint density at radius 3 is 2.64 bits per heavy atom. The Morgan fingerprint density at radius 2 is 2.27 bits per heavy atom. The molecule has 64 valence electrons. The average Bonchev–Trinajstić information content (AvgIpc) is 2.18. The normalized spacial score (nSPS) is 26.9. The molecular formula is C9H17NO. The Morgan fingerprint density at radius 1 is 1.64 bits per heavy atom. The molecule has 2 heteroatoms. The van der Waals surface area contributed by atoms with Gasteiger partial charge in [0.1, 0.15) is 0 Å². The van der Waals surface area contributed by atoms with Crippen LogP contribution in [-0.2, 0) is 4.79 Å². The first-order valence-corrected chi connectivity index (χ1v) is 4.34. The van der Waals surface area contributed by atoms with Crippen LogP contribution in [0, 0.1) is 5.92 Å². The van der Waals surface area contributed by atoms with Gasteiger partial charge in [-0.1, -0.05) is 13.8 Å². The monoisotopic (exact) mass is 155 g/mol. The summed E-state index contributed by atoms with van der Waals surface area (Å²) < 4.78 is 0. The summed E-state index contributed by atoms with van der Waals surface area (Å²) in [7, 11) is 2.04. The Hall–Kier alpha value is -0.370. The summed E-state index contributed by atoms with van der Waals surface area (Å²) in [5, 5.41) is 0. The molecule has 11 heavy (non-hydrogen) atoms. The van der Waals surface area contributed by atoms with Crippen LogP contribution in [-0.4, -0.2) is 30.3 Å². The number of nitrogens with zero attached hydrogens (tertiary/aromatic N) is 1. The van der Waals surface area contributed by atoms with E-state index in [2.05, 4.69) is 18.7 Å². The maximum absolute atomic E-state index is 11.3. The van der Waals surface area contributed by atoms with E-state index in [4.69, 9.17) is 0 Å².